The second kappa shape index (κ2) is 23.6. The first kappa shape index (κ1) is 50.6. The number of rotatable bonds is 18. The summed E-state index contributed by atoms with van der Waals surface area (Å²) < 4.78 is 80.5. The summed E-state index contributed by atoms with van der Waals surface area (Å²) >= 11 is 5.84. The van der Waals surface area contributed by atoms with Gasteiger partial charge >= 0.3 is 30.0 Å². The number of methoxy groups -OCH3 is 1. The lowest BCUT2D eigenvalue weighted by molar-refractivity contribution is -0.0438. The number of aromatic carboxylic acids is 1. The van der Waals surface area contributed by atoms with Crippen LogP contribution in [-0.2, 0) is 40.9 Å². The molecule has 0 saturated heterocycles. The molecule has 5 N–H and O–H groups in total. The number of hydrogen-bond donors (Lipinski definition) is 5. The summed E-state index contributed by atoms with van der Waals surface area (Å²) in [4.78, 5) is 67.2. The van der Waals surface area contributed by atoms with Crippen molar-refractivity contribution < 1.29 is 64.8 Å². The molecule has 0 unspecified atom stereocenters. The van der Waals surface area contributed by atoms with Gasteiger partial charge in [-0.2, -0.15) is 15.0 Å². The Labute approximate surface area is 377 Å². The Morgan fingerprint density at radius 3 is 1.97 bits per heavy atom. The molecule has 0 atom stereocenters. The molecule has 2 heterocycles. The predicted molar refractivity (Wildman–Crippen MR) is 230 cm³/mol. The number of carboxylic acid groups (broad SMARTS) is 1. The van der Waals surface area contributed by atoms with Gasteiger partial charge in [-0.1, -0.05) is 35.9 Å². The quantitative estimate of drug-likeness (QED) is 0.0461. The van der Waals surface area contributed by atoms with Gasteiger partial charge in [0, 0.05) is 29.1 Å². The number of aromatic nitrogens is 5. The Morgan fingerprint density at radius 1 is 0.723 bits per heavy atom. The monoisotopic (exact) mass is 959 g/mol. The van der Waals surface area contributed by atoms with Gasteiger partial charge in [0.25, 0.3) is 20.0 Å². The number of urea groups is 2. The SMILES string of the molecule is CCOc1nc(C)nc(NC(=O)NS(=O)(=O)c2ccccc2C(=O)OCOCCOC)n1.Cc1cc(C)nc(NC(=O)NS(=O)(=O)c2c(COc3ccc(Cl)cc3)cccc2C(=O)O)n1. The molecule has 4 amide bonds. The highest BCUT2D eigenvalue weighted by Crippen LogP contribution is 2.24. The van der Waals surface area contributed by atoms with Gasteiger partial charge < -0.3 is 28.8 Å². The molecule has 0 aliphatic carbocycles. The van der Waals surface area contributed by atoms with Crippen molar-refractivity contribution in [2.45, 2.75) is 44.1 Å². The van der Waals surface area contributed by atoms with Crippen LogP contribution in [-0.4, -0.2) is 105 Å². The fourth-order valence-electron chi connectivity index (χ4n) is 5.21. The Balaban J connectivity index is 0.000000285. The van der Waals surface area contributed by atoms with Crippen LogP contribution in [0.2, 0.25) is 5.02 Å². The van der Waals surface area contributed by atoms with E-state index in [1.807, 2.05) is 4.72 Å². The molecule has 0 bridgehead atoms. The largest absolute Gasteiger partial charge is 0.489 e. The van der Waals surface area contributed by atoms with Crippen molar-refractivity contribution in [1.29, 1.82) is 0 Å². The maximum Gasteiger partial charge on any atom is 0.341 e. The zero-order valence-corrected chi connectivity index (χ0v) is 37.5. The number of ether oxygens (including phenoxy) is 5. The van der Waals surface area contributed by atoms with Gasteiger partial charge in [0.05, 0.1) is 30.9 Å². The molecule has 23 nitrogen and oxygen atoms in total. The van der Waals surface area contributed by atoms with Crippen molar-refractivity contribution in [2.75, 3.05) is 44.4 Å². The van der Waals surface area contributed by atoms with Gasteiger partial charge in [0.1, 0.15) is 28.0 Å². The van der Waals surface area contributed by atoms with Crippen LogP contribution < -0.4 is 29.6 Å². The Bertz CT molecular complexity index is 2710. The van der Waals surface area contributed by atoms with Gasteiger partial charge in [-0.3, -0.25) is 10.6 Å². The van der Waals surface area contributed by atoms with Crippen molar-refractivity contribution in [3.63, 3.8) is 0 Å². The lowest BCUT2D eigenvalue weighted by Crippen LogP contribution is -2.36. The molecule has 0 spiro atoms. The smallest absolute Gasteiger partial charge is 0.341 e. The normalized spacial score (nSPS) is 11.0. The minimum atomic E-state index is -4.62. The van der Waals surface area contributed by atoms with E-state index in [4.69, 9.17) is 35.3 Å². The third-order valence-corrected chi connectivity index (χ3v) is 10.9. The molecular weight excluding hydrogens is 918 g/mol. The lowest BCUT2D eigenvalue weighted by Gasteiger charge is -2.15. The third-order valence-electron chi connectivity index (χ3n) is 7.79. The molecule has 346 valence electrons. The summed E-state index contributed by atoms with van der Waals surface area (Å²) in [7, 11) is -7.58. The summed E-state index contributed by atoms with van der Waals surface area (Å²) in [6, 6.07) is 14.8. The first-order valence-electron chi connectivity index (χ1n) is 18.7. The summed E-state index contributed by atoms with van der Waals surface area (Å²) in [6.07, 6.45) is 0. The van der Waals surface area contributed by atoms with Crippen LogP contribution >= 0.6 is 11.6 Å². The Morgan fingerprint density at radius 2 is 1.34 bits per heavy atom. The van der Waals surface area contributed by atoms with Crippen molar-refractivity contribution in [2.24, 2.45) is 0 Å². The number of nitrogens with zero attached hydrogens (tertiary/aromatic N) is 5. The highest BCUT2D eigenvalue weighted by Gasteiger charge is 2.29. The minimum absolute atomic E-state index is 0.0287. The van der Waals surface area contributed by atoms with E-state index in [-0.39, 0.29) is 54.7 Å². The first-order valence-corrected chi connectivity index (χ1v) is 22.1. The van der Waals surface area contributed by atoms with Crippen molar-refractivity contribution in [1.82, 2.24) is 34.4 Å². The second-order valence-electron chi connectivity index (χ2n) is 12.8. The minimum Gasteiger partial charge on any atom is -0.489 e. The van der Waals surface area contributed by atoms with E-state index in [1.165, 1.54) is 37.4 Å². The van der Waals surface area contributed by atoms with E-state index in [0.717, 1.165) is 12.1 Å². The van der Waals surface area contributed by atoms with E-state index < -0.39 is 66.2 Å². The number of carboxylic acids is 1. The Hall–Kier alpha value is -7.06. The number of anilines is 2. The summed E-state index contributed by atoms with van der Waals surface area (Å²) in [5, 5.41) is 14.4. The second-order valence-corrected chi connectivity index (χ2v) is 16.5. The summed E-state index contributed by atoms with van der Waals surface area (Å²) in [6.45, 7) is 6.74. The third kappa shape index (κ3) is 15.6. The van der Waals surface area contributed by atoms with Crippen LogP contribution in [0.15, 0.2) is 82.6 Å². The van der Waals surface area contributed by atoms with Gasteiger partial charge in [0.15, 0.2) is 6.79 Å². The number of amides is 4. The molecule has 0 radical (unpaired) electrons. The number of esters is 1. The van der Waals surface area contributed by atoms with Crippen LogP contribution in [0.4, 0.5) is 21.5 Å². The molecule has 26 heteroatoms. The molecule has 0 aliphatic rings. The molecule has 3 aromatic carbocycles. The van der Waals surface area contributed by atoms with Gasteiger partial charge in [0.2, 0.25) is 11.9 Å². The molecule has 0 saturated carbocycles. The number of nitrogens with one attached hydrogen (secondary N) is 4. The van der Waals surface area contributed by atoms with Gasteiger partial charge in [-0.25, -0.2) is 55.4 Å². The van der Waals surface area contributed by atoms with E-state index >= 15 is 0 Å². The first-order chi connectivity index (χ1) is 30.8. The van der Waals surface area contributed by atoms with Gasteiger partial charge in [-0.15, -0.1) is 0 Å². The number of carbonyl (C=O) groups excluding carboxylic acids is 3. The maximum atomic E-state index is 13.0. The van der Waals surface area contributed by atoms with E-state index in [2.05, 4.69) is 35.6 Å². The molecular formula is C39H42ClN9O14S2. The zero-order valence-electron chi connectivity index (χ0n) is 35.1. The highest BCUT2D eigenvalue weighted by atomic mass is 35.5. The number of hydrogen-bond acceptors (Lipinski definition) is 18. The molecule has 5 aromatic rings. The van der Waals surface area contributed by atoms with E-state index in [9.17, 15) is 41.1 Å². The average molecular weight is 960 g/mol. The number of aryl methyl sites for hydroxylation is 3. The summed E-state index contributed by atoms with van der Waals surface area (Å²) in [5.41, 5.74) is 0.373. The standard InChI is InChI=1S/C21H19ClN4O6S.C18H23N5O8S/c1-12-10-13(2)24-20(23-12)25-21(29)26-33(30,31)18-14(4-3-5-17(18)19(27)28)11-32-16-8-6-15(22)7-9-16;1-4-30-18-20-12(2)19-16(22-18)21-17(25)23-32(26,27)14-8-6-5-7-13(14)15(24)31-11-29-10-9-28-3/h3-10H,11H2,1-2H3,(H,27,28)(H2,23,24,25,26,29);5-8H,4,9-11H2,1-3H3,(H2,19,20,21,22,23,25). The highest BCUT2D eigenvalue weighted by molar-refractivity contribution is 7.90. The fourth-order valence-corrected chi connectivity index (χ4v) is 7.76. The van der Waals surface area contributed by atoms with E-state index in [0.29, 0.717) is 28.8 Å². The van der Waals surface area contributed by atoms with E-state index in [1.54, 1.807) is 62.7 Å². The molecule has 0 fully saturated rings. The molecule has 5 rings (SSSR count). The topological polar surface area (TPSA) is 316 Å². The lowest BCUT2D eigenvalue weighted by atomic mass is 10.1. The van der Waals surface area contributed by atoms with Crippen LogP contribution in [0, 0.1) is 20.8 Å². The maximum absolute atomic E-state index is 13.0. The zero-order chi connectivity index (χ0) is 47.7. The number of halogens is 1. The average Bonchev–Trinajstić information content (AvgIpc) is 3.22. The van der Waals surface area contributed by atoms with Crippen molar-refractivity contribution in [3.05, 3.63) is 112 Å². The van der Waals surface area contributed by atoms with Crippen LogP contribution in [0.1, 0.15) is 50.4 Å². The summed E-state index contributed by atoms with van der Waals surface area (Å²) in [5.74, 6) is -2.10. The molecule has 0 aliphatic heterocycles. The molecule has 2 aromatic heterocycles. The van der Waals surface area contributed by atoms with Crippen LogP contribution in [0.3, 0.4) is 0 Å². The number of carbonyl (C=O) groups is 4. The number of benzene rings is 3. The van der Waals surface area contributed by atoms with Crippen molar-refractivity contribution in [3.8, 4) is 11.8 Å². The van der Waals surface area contributed by atoms with Crippen LogP contribution in [0.5, 0.6) is 11.8 Å². The van der Waals surface area contributed by atoms with Crippen LogP contribution in [0.25, 0.3) is 0 Å². The predicted octanol–water partition coefficient (Wildman–Crippen LogP) is 4.40. The van der Waals surface area contributed by atoms with Gasteiger partial charge in [-0.05, 0) is 76.2 Å². The number of sulfonamides is 2. The van der Waals surface area contributed by atoms with Crippen molar-refractivity contribution >= 4 is 67.5 Å². The molecule has 65 heavy (non-hydrogen) atoms. The fraction of sp³-hybridized carbons (Fsp3) is 0.256. The Kier molecular flexibility index (Phi) is 18.3.